The monoisotopic (exact) mass is 272 g/mol. The normalized spacial score (nSPS) is 10.6. The van der Waals surface area contributed by atoms with Gasteiger partial charge in [0.05, 0.1) is 17.4 Å². The number of aromatic nitrogens is 5. The molecule has 0 fully saturated rings. The fraction of sp³-hybridized carbons (Fsp3) is 0.167. The van der Waals surface area contributed by atoms with Gasteiger partial charge in [-0.3, -0.25) is 4.68 Å². The largest absolute Gasteiger partial charge is 0.373 e. The minimum Gasteiger partial charge on any atom is -0.373 e. The molecule has 3 aromatic heterocycles. The molecule has 1 N–H and O–H groups in total. The van der Waals surface area contributed by atoms with Crippen molar-refractivity contribution in [3.8, 4) is 22.8 Å². The fourth-order valence-electron chi connectivity index (χ4n) is 1.71. The molecule has 96 valence electrons. The topological polar surface area (TPSA) is 68.5 Å². The molecule has 0 bridgehead atoms. The van der Waals surface area contributed by atoms with Gasteiger partial charge in [-0.1, -0.05) is 0 Å². The summed E-state index contributed by atoms with van der Waals surface area (Å²) in [7, 11) is 3.71. The molecule has 0 unspecified atom stereocenters. The molecule has 0 saturated heterocycles. The smallest absolute Gasteiger partial charge is 0.181 e. The number of nitrogens with zero attached hydrogens (tertiary/aromatic N) is 5. The molecule has 3 rings (SSSR count). The van der Waals surface area contributed by atoms with Gasteiger partial charge in [0.1, 0.15) is 11.5 Å². The Morgan fingerprint density at radius 1 is 1.26 bits per heavy atom. The third kappa shape index (κ3) is 2.32. The Morgan fingerprint density at radius 2 is 2.16 bits per heavy atom. The molecule has 6 nitrogen and oxygen atoms in total. The molecule has 0 radical (unpaired) electrons. The van der Waals surface area contributed by atoms with Crippen molar-refractivity contribution >= 4 is 17.2 Å². The van der Waals surface area contributed by atoms with Crippen LogP contribution in [0.4, 0.5) is 5.82 Å². The lowest BCUT2D eigenvalue weighted by Gasteiger charge is -2.05. The molecular weight excluding hydrogens is 260 g/mol. The van der Waals surface area contributed by atoms with Crippen molar-refractivity contribution in [1.82, 2.24) is 24.7 Å². The van der Waals surface area contributed by atoms with E-state index in [1.54, 1.807) is 16.4 Å². The Labute approximate surface area is 114 Å². The summed E-state index contributed by atoms with van der Waals surface area (Å²) < 4.78 is 1.75. The van der Waals surface area contributed by atoms with Gasteiger partial charge in [-0.25, -0.2) is 15.0 Å². The first-order valence-electron chi connectivity index (χ1n) is 5.70. The van der Waals surface area contributed by atoms with Crippen LogP contribution in [-0.2, 0) is 7.05 Å². The Morgan fingerprint density at radius 3 is 2.79 bits per heavy atom. The zero-order valence-electron chi connectivity index (χ0n) is 10.5. The van der Waals surface area contributed by atoms with Crippen molar-refractivity contribution in [2.75, 3.05) is 12.4 Å². The lowest BCUT2D eigenvalue weighted by Crippen LogP contribution is -1.98. The Balaban J connectivity index is 2.12. The van der Waals surface area contributed by atoms with Crippen molar-refractivity contribution in [2.45, 2.75) is 0 Å². The molecule has 0 aliphatic heterocycles. The minimum atomic E-state index is 0.618. The summed E-state index contributed by atoms with van der Waals surface area (Å²) in [5.74, 6) is 1.38. The van der Waals surface area contributed by atoms with Crippen molar-refractivity contribution in [3.05, 3.63) is 29.4 Å². The van der Waals surface area contributed by atoms with E-state index in [1.165, 1.54) is 11.3 Å². The summed E-state index contributed by atoms with van der Waals surface area (Å²) in [5, 5.41) is 9.14. The number of rotatable bonds is 3. The van der Waals surface area contributed by atoms with Crippen LogP contribution in [-0.4, -0.2) is 31.8 Å². The van der Waals surface area contributed by atoms with Crippen LogP contribution < -0.4 is 5.32 Å². The third-order valence-corrected chi connectivity index (χ3v) is 3.23. The average molecular weight is 272 g/mol. The van der Waals surface area contributed by atoms with Gasteiger partial charge < -0.3 is 5.32 Å². The Bertz CT molecular complexity index is 688. The second kappa shape index (κ2) is 4.77. The minimum absolute atomic E-state index is 0.618. The fourth-order valence-corrected chi connectivity index (χ4v) is 2.24. The van der Waals surface area contributed by atoms with Crippen LogP contribution in [0, 0.1) is 0 Å². The van der Waals surface area contributed by atoms with Crippen LogP contribution >= 0.6 is 11.3 Å². The van der Waals surface area contributed by atoms with Crippen molar-refractivity contribution in [3.63, 3.8) is 0 Å². The zero-order valence-corrected chi connectivity index (χ0v) is 11.3. The van der Waals surface area contributed by atoms with Gasteiger partial charge >= 0.3 is 0 Å². The maximum absolute atomic E-state index is 4.55. The molecule has 0 aliphatic rings. The van der Waals surface area contributed by atoms with Gasteiger partial charge in [-0.2, -0.15) is 5.10 Å². The van der Waals surface area contributed by atoms with E-state index in [9.17, 15) is 0 Å². The predicted molar refractivity (Wildman–Crippen MR) is 74.9 cm³/mol. The maximum Gasteiger partial charge on any atom is 0.181 e. The van der Waals surface area contributed by atoms with Crippen LogP contribution in [0.25, 0.3) is 22.8 Å². The van der Waals surface area contributed by atoms with Crippen molar-refractivity contribution in [1.29, 1.82) is 0 Å². The first kappa shape index (κ1) is 11.8. The Hall–Kier alpha value is -2.28. The van der Waals surface area contributed by atoms with Crippen molar-refractivity contribution < 1.29 is 0 Å². The molecule has 0 amide bonds. The maximum atomic E-state index is 4.55. The van der Waals surface area contributed by atoms with E-state index < -0.39 is 0 Å². The lowest BCUT2D eigenvalue weighted by atomic mass is 10.2. The van der Waals surface area contributed by atoms with E-state index in [0.717, 1.165) is 22.8 Å². The molecule has 3 heterocycles. The van der Waals surface area contributed by atoms with Crippen LogP contribution in [0.2, 0.25) is 0 Å². The summed E-state index contributed by atoms with van der Waals surface area (Å²) in [4.78, 5) is 13.2. The van der Waals surface area contributed by atoms with Gasteiger partial charge in [-0.15, -0.1) is 11.3 Å². The number of nitrogens with one attached hydrogen (secondary N) is 1. The highest BCUT2D eigenvalue weighted by atomic mass is 32.1. The highest BCUT2D eigenvalue weighted by Gasteiger charge is 2.10. The summed E-state index contributed by atoms with van der Waals surface area (Å²) in [5.41, 5.74) is 4.34. The summed E-state index contributed by atoms with van der Waals surface area (Å²) in [6, 6.07) is 1.90. The summed E-state index contributed by atoms with van der Waals surface area (Å²) in [6.45, 7) is 0. The van der Waals surface area contributed by atoms with Gasteiger partial charge in [0.15, 0.2) is 5.82 Å². The summed E-state index contributed by atoms with van der Waals surface area (Å²) in [6.07, 6.45) is 3.71. The first-order chi connectivity index (χ1) is 9.26. The van der Waals surface area contributed by atoms with E-state index in [0.29, 0.717) is 5.82 Å². The highest BCUT2D eigenvalue weighted by Crippen LogP contribution is 2.23. The van der Waals surface area contributed by atoms with Crippen LogP contribution in [0.5, 0.6) is 0 Å². The Kier molecular flexibility index (Phi) is 2.96. The predicted octanol–water partition coefficient (Wildman–Crippen LogP) is 2.04. The van der Waals surface area contributed by atoms with E-state index >= 15 is 0 Å². The number of aryl methyl sites for hydroxylation is 1. The highest BCUT2D eigenvalue weighted by molar-refractivity contribution is 7.07. The van der Waals surface area contributed by atoms with E-state index in [4.69, 9.17) is 0 Å². The second-order valence-corrected chi connectivity index (χ2v) is 4.71. The molecule has 19 heavy (non-hydrogen) atoms. The van der Waals surface area contributed by atoms with Crippen LogP contribution in [0.3, 0.4) is 0 Å². The van der Waals surface area contributed by atoms with E-state index in [2.05, 4.69) is 25.4 Å². The first-order valence-corrected chi connectivity index (χ1v) is 6.65. The SMILES string of the molecule is CNc1cc(-c2cnn(C)c2)nc(-c2cscn2)n1. The average Bonchev–Trinajstić information content (AvgIpc) is 3.09. The molecular formula is C12H12N6S. The molecule has 3 aromatic rings. The van der Waals surface area contributed by atoms with Gasteiger partial charge in [0, 0.05) is 37.3 Å². The van der Waals surface area contributed by atoms with Crippen molar-refractivity contribution in [2.24, 2.45) is 7.05 Å². The molecule has 0 atom stereocenters. The zero-order chi connectivity index (χ0) is 13.2. The van der Waals surface area contributed by atoms with E-state index in [1.807, 2.05) is 31.7 Å². The van der Waals surface area contributed by atoms with Gasteiger partial charge in [0.2, 0.25) is 0 Å². The second-order valence-electron chi connectivity index (χ2n) is 3.99. The molecule has 7 heteroatoms. The number of hydrogen-bond donors (Lipinski definition) is 1. The number of hydrogen-bond acceptors (Lipinski definition) is 6. The third-order valence-electron chi connectivity index (χ3n) is 2.64. The lowest BCUT2D eigenvalue weighted by molar-refractivity contribution is 0.768. The van der Waals surface area contributed by atoms with Crippen LogP contribution in [0.1, 0.15) is 0 Å². The molecule has 0 saturated carbocycles. The molecule has 0 aromatic carbocycles. The summed E-state index contributed by atoms with van der Waals surface area (Å²) >= 11 is 1.53. The molecule has 0 spiro atoms. The number of thiazole rings is 1. The van der Waals surface area contributed by atoms with Gasteiger partial charge in [0.25, 0.3) is 0 Å². The number of anilines is 1. The molecule has 0 aliphatic carbocycles. The quantitative estimate of drug-likeness (QED) is 0.790. The standard InChI is InChI=1S/C12H12N6S/c1-13-11-3-9(8-4-15-18(2)5-8)16-12(17-11)10-6-19-7-14-10/h3-7H,1-2H3,(H,13,16,17). The van der Waals surface area contributed by atoms with Crippen LogP contribution in [0.15, 0.2) is 29.4 Å². The van der Waals surface area contributed by atoms with Gasteiger partial charge in [-0.05, 0) is 0 Å². The van der Waals surface area contributed by atoms with E-state index in [-0.39, 0.29) is 0 Å².